The molecule has 2 aromatic rings. The Balaban J connectivity index is 2.02. The number of carbonyl (C=O) groups excluding carboxylic acids is 2. The number of Topliss-reactive ketones (excluding diaryl/α,β-unsaturated/α-hetero) is 1. The van der Waals surface area contributed by atoms with Crippen LogP contribution in [-0.2, 0) is 17.9 Å². The number of likely N-dealkylation sites (N-methyl/N-ethyl adjacent to an activating group) is 1. The van der Waals surface area contributed by atoms with Crippen molar-refractivity contribution in [1.29, 1.82) is 0 Å². The van der Waals surface area contributed by atoms with Gasteiger partial charge >= 0.3 is 0 Å². The molecule has 1 amide bonds. The number of hydrogen-bond acceptors (Lipinski definition) is 4. The third kappa shape index (κ3) is 3.53. The molecular formula is C15H18N4O2. The van der Waals surface area contributed by atoms with Crippen LogP contribution >= 0.6 is 0 Å². The van der Waals surface area contributed by atoms with Gasteiger partial charge in [-0.3, -0.25) is 9.59 Å². The van der Waals surface area contributed by atoms with Gasteiger partial charge in [0.2, 0.25) is 5.91 Å². The molecule has 0 bridgehead atoms. The molecule has 0 aliphatic rings. The Morgan fingerprint density at radius 3 is 2.48 bits per heavy atom. The van der Waals surface area contributed by atoms with E-state index in [4.69, 9.17) is 0 Å². The topological polar surface area (TPSA) is 68.1 Å². The van der Waals surface area contributed by atoms with Gasteiger partial charge < -0.3 is 4.90 Å². The molecule has 6 nitrogen and oxygen atoms in total. The SMILES string of the molecule is CC(=O)c1nnn(CC(=O)N(C)Cc2ccccc2)c1C. The van der Waals surface area contributed by atoms with E-state index >= 15 is 0 Å². The number of rotatable bonds is 5. The molecule has 1 heterocycles. The minimum absolute atomic E-state index is 0.0788. The lowest BCUT2D eigenvalue weighted by Gasteiger charge is -2.17. The number of hydrogen-bond donors (Lipinski definition) is 0. The Bertz CT molecular complexity index is 649. The van der Waals surface area contributed by atoms with E-state index < -0.39 is 0 Å². The van der Waals surface area contributed by atoms with Crippen molar-refractivity contribution in [3.63, 3.8) is 0 Å². The highest BCUT2D eigenvalue weighted by Gasteiger charge is 2.16. The molecule has 2 rings (SSSR count). The fraction of sp³-hybridized carbons (Fsp3) is 0.333. The standard InChI is InChI=1S/C15H18N4O2/c1-11-15(12(2)20)16-17-19(11)10-14(21)18(3)9-13-7-5-4-6-8-13/h4-8H,9-10H2,1-3H3. The number of aromatic nitrogens is 3. The Kier molecular flexibility index (Phi) is 4.47. The Hall–Kier alpha value is -2.50. The van der Waals surface area contributed by atoms with Crippen LogP contribution in [0.2, 0.25) is 0 Å². The lowest BCUT2D eigenvalue weighted by Crippen LogP contribution is -2.30. The molecule has 0 saturated heterocycles. The predicted molar refractivity (Wildman–Crippen MR) is 77.7 cm³/mol. The van der Waals surface area contributed by atoms with Gasteiger partial charge in [0.25, 0.3) is 0 Å². The summed E-state index contributed by atoms with van der Waals surface area (Å²) in [7, 11) is 1.74. The van der Waals surface area contributed by atoms with Crippen LogP contribution in [0.4, 0.5) is 0 Å². The number of amides is 1. The molecule has 1 aromatic carbocycles. The zero-order valence-electron chi connectivity index (χ0n) is 12.4. The Labute approximate surface area is 123 Å². The van der Waals surface area contributed by atoms with Gasteiger partial charge in [-0.05, 0) is 12.5 Å². The van der Waals surface area contributed by atoms with Gasteiger partial charge in [0, 0.05) is 20.5 Å². The Morgan fingerprint density at radius 2 is 1.90 bits per heavy atom. The molecule has 0 radical (unpaired) electrons. The van der Waals surface area contributed by atoms with Crippen molar-refractivity contribution in [1.82, 2.24) is 19.9 Å². The van der Waals surface area contributed by atoms with Crippen molar-refractivity contribution in [3.8, 4) is 0 Å². The zero-order chi connectivity index (χ0) is 15.4. The van der Waals surface area contributed by atoms with Gasteiger partial charge in [-0.15, -0.1) is 5.10 Å². The van der Waals surface area contributed by atoms with Crippen LogP contribution in [0, 0.1) is 6.92 Å². The monoisotopic (exact) mass is 286 g/mol. The molecule has 110 valence electrons. The molecule has 0 spiro atoms. The summed E-state index contributed by atoms with van der Waals surface area (Å²) in [4.78, 5) is 25.2. The van der Waals surface area contributed by atoms with E-state index in [1.165, 1.54) is 11.6 Å². The summed E-state index contributed by atoms with van der Waals surface area (Å²) < 4.78 is 1.46. The summed E-state index contributed by atoms with van der Waals surface area (Å²) in [5, 5.41) is 7.67. The van der Waals surface area contributed by atoms with Crippen LogP contribution in [-0.4, -0.2) is 38.6 Å². The smallest absolute Gasteiger partial charge is 0.244 e. The van der Waals surface area contributed by atoms with E-state index in [1.807, 2.05) is 30.3 Å². The highest BCUT2D eigenvalue weighted by molar-refractivity contribution is 5.93. The largest absolute Gasteiger partial charge is 0.340 e. The van der Waals surface area contributed by atoms with Crippen molar-refractivity contribution in [2.24, 2.45) is 0 Å². The second-order valence-corrected chi connectivity index (χ2v) is 4.97. The van der Waals surface area contributed by atoms with E-state index in [9.17, 15) is 9.59 Å². The maximum Gasteiger partial charge on any atom is 0.244 e. The van der Waals surface area contributed by atoms with Crippen LogP contribution < -0.4 is 0 Å². The first kappa shape index (κ1) is 14.9. The minimum atomic E-state index is -0.149. The van der Waals surface area contributed by atoms with Gasteiger partial charge in [-0.2, -0.15) is 0 Å². The van der Waals surface area contributed by atoms with Crippen molar-refractivity contribution in [3.05, 3.63) is 47.3 Å². The predicted octanol–water partition coefficient (Wildman–Crippen LogP) is 1.45. The fourth-order valence-electron chi connectivity index (χ4n) is 2.03. The number of carbonyl (C=O) groups is 2. The summed E-state index contributed by atoms with van der Waals surface area (Å²) in [5.41, 5.74) is 1.99. The summed E-state index contributed by atoms with van der Waals surface area (Å²) in [6, 6.07) is 9.76. The first-order valence-corrected chi connectivity index (χ1v) is 6.68. The van der Waals surface area contributed by atoms with Crippen molar-refractivity contribution < 1.29 is 9.59 Å². The maximum atomic E-state index is 12.2. The van der Waals surface area contributed by atoms with E-state index in [0.717, 1.165) is 5.56 Å². The molecular weight excluding hydrogens is 268 g/mol. The first-order chi connectivity index (χ1) is 9.99. The molecule has 0 saturated carbocycles. The third-order valence-corrected chi connectivity index (χ3v) is 3.29. The van der Waals surface area contributed by atoms with Gasteiger partial charge in [-0.25, -0.2) is 4.68 Å². The molecule has 0 N–H and O–H groups in total. The van der Waals surface area contributed by atoms with Crippen LogP contribution in [0.1, 0.15) is 28.7 Å². The summed E-state index contributed by atoms with van der Waals surface area (Å²) in [5.74, 6) is -0.231. The van der Waals surface area contributed by atoms with Gasteiger partial charge in [-0.1, -0.05) is 35.5 Å². The molecule has 0 aliphatic carbocycles. The molecule has 1 aromatic heterocycles. The van der Waals surface area contributed by atoms with E-state index in [0.29, 0.717) is 17.9 Å². The van der Waals surface area contributed by atoms with Gasteiger partial charge in [0.15, 0.2) is 11.5 Å². The summed E-state index contributed by atoms with van der Waals surface area (Å²) in [6.07, 6.45) is 0. The molecule has 0 atom stereocenters. The van der Waals surface area contributed by atoms with E-state index in [1.54, 1.807) is 18.9 Å². The summed E-state index contributed by atoms with van der Waals surface area (Å²) in [6.45, 7) is 3.79. The van der Waals surface area contributed by atoms with Crippen molar-refractivity contribution in [2.45, 2.75) is 26.9 Å². The average molecular weight is 286 g/mol. The van der Waals surface area contributed by atoms with E-state index in [2.05, 4.69) is 10.3 Å². The van der Waals surface area contributed by atoms with Crippen molar-refractivity contribution >= 4 is 11.7 Å². The molecule has 6 heteroatoms. The molecule has 0 fully saturated rings. The van der Waals surface area contributed by atoms with Crippen LogP contribution in [0.5, 0.6) is 0 Å². The third-order valence-electron chi connectivity index (χ3n) is 3.29. The zero-order valence-corrected chi connectivity index (χ0v) is 12.4. The summed E-state index contributed by atoms with van der Waals surface area (Å²) >= 11 is 0. The normalized spacial score (nSPS) is 10.4. The Morgan fingerprint density at radius 1 is 1.24 bits per heavy atom. The van der Waals surface area contributed by atoms with Gasteiger partial charge in [0.1, 0.15) is 6.54 Å². The maximum absolute atomic E-state index is 12.2. The van der Waals surface area contributed by atoms with Crippen LogP contribution in [0.25, 0.3) is 0 Å². The highest BCUT2D eigenvalue weighted by atomic mass is 16.2. The quantitative estimate of drug-likeness (QED) is 0.780. The first-order valence-electron chi connectivity index (χ1n) is 6.68. The molecule has 21 heavy (non-hydrogen) atoms. The highest BCUT2D eigenvalue weighted by Crippen LogP contribution is 2.07. The lowest BCUT2D eigenvalue weighted by atomic mass is 10.2. The van der Waals surface area contributed by atoms with Crippen LogP contribution in [0.15, 0.2) is 30.3 Å². The fourth-order valence-corrected chi connectivity index (χ4v) is 2.03. The van der Waals surface area contributed by atoms with E-state index in [-0.39, 0.29) is 18.2 Å². The molecule has 0 unspecified atom stereocenters. The average Bonchev–Trinajstić information content (AvgIpc) is 2.81. The van der Waals surface area contributed by atoms with Gasteiger partial charge in [0.05, 0.1) is 5.69 Å². The van der Waals surface area contributed by atoms with Crippen LogP contribution in [0.3, 0.4) is 0 Å². The number of nitrogens with zero attached hydrogens (tertiary/aromatic N) is 4. The minimum Gasteiger partial charge on any atom is -0.340 e. The lowest BCUT2D eigenvalue weighted by molar-refractivity contribution is -0.131. The van der Waals surface area contributed by atoms with Crippen molar-refractivity contribution in [2.75, 3.05) is 7.05 Å². The number of benzene rings is 1. The molecule has 0 aliphatic heterocycles. The second kappa shape index (κ2) is 6.30. The number of ketones is 1. The second-order valence-electron chi connectivity index (χ2n) is 4.97.